The molecule has 6 nitrogen and oxygen atoms in total. The van der Waals surface area contributed by atoms with Crippen molar-refractivity contribution in [2.75, 3.05) is 13.7 Å². The summed E-state index contributed by atoms with van der Waals surface area (Å²) in [5, 5.41) is 3.02. The lowest BCUT2D eigenvalue weighted by Crippen LogP contribution is -2.51. The van der Waals surface area contributed by atoms with Gasteiger partial charge in [-0.3, -0.25) is 9.59 Å². The van der Waals surface area contributed by atoms with E-state index >= 15 is 0 Å². The molecule has 7 heteroatoms. The van der Waals surface area contributed by atoms with Gasteiger partial charge in [0.25, 0.3) is 5.91 Å². The van der Waals surface area contributed by atoms with Crippen molar-refractivity contribution in [1.82, 2.24) is 10.2 Å². The van der Waals surface area contributed by atoms with Crippen LogP contribution in [-0.4, -0.2) is 42.5 Å². The smallest absolute Gasteiger partial charge is 0.261 e. The lowest BCUT2D eigenvalue weighted by Gasteiger charge is -2.31. The van der Waals surface area contributed by atoms with Gasteiger partial charge in [0.1, 0.15) is 17.5 Å². The Morgan fingerprint density at radius 2 is 1.79 bits per heavy atom. The number of benzene rings is 2. The normalized spacial score (nSPS) is 12.7. The Balaban J connectivity index is 2.26. The van der Waals surface area contributed by atoms with Gasteiger partial charge in [-0.1, -0.05) is 45.9 Å². The van der Waals surface area contributed by atoms with Crippen molar-refractivity contribution in [2.45, 2.75) is 72.0 Å². The second-order valence-electron chi connectivity index (χ2n) is 8.75. The lowest BCUT2D eigenvalue weighted by molar-refractivity contribution is -0.143. The number of amides is 2. The summed E-state index contributed by atoms with van der Waals surface area (Å²) in [5.41, 5.74) is 2.06. The molecule has 0 aliphatic heterocycles. The Bertz CT molecular complexity index is 963. The van der Waals surface area contributed by atoms with Crippen LogP contribution < -0.4 is 14.8 Å². The zero-order valence-electron chi connectivity index (χ0n) is 21.1. The second kappa shape index (κ2) is 13.4. The largest absolute Gasteiger partial charge is 0.497 e. The summed E-state index contributed by atoms with van der Waals surface area (Å²) in [7, 11) is 1.60. The van der Waals surface area contributed by atoms with E-state index in [-0.39, 0.29) is 31.0 Å². The molecule has 2 aromatic rings. The van der Waals surface area contributed by atoms with Gasteiger partial charge >= 0.3 is 0 Å². The molecule has 1 N–H and O–H groups in total. The number of rotatable bonds is 12. The summed E-state index contributed by atoms with van der Waals surface area (Å²) >= 11 is 3.55. The molecule has 0 unspecified atom stereocenters. The molecule has 2 amide bonds. The maximum Gasteiger partial charge on any atom is 0.261 e. The van der Waals surface area contributed by atoms with E-state index < -0.39 is 6.04 Å². The molecular formula is C27H37BrN2O4. The molecule has 2 rings (SSSR count). The number of ether oxygens (including phenoxy) is 2. The molecule has 0 aliphatic rings. The molecule has 0 spiro atoms. The number of carbonyl (C=O) groups is 2. The van der Waals surface area contributed by atoms with E-state index in [0.29, 0.717) is 23.8 Å². The third-order valence-electron chi connectivity index (χ3n) is 5.85. The Morgan fingerprint density at radius 1 is 1.06 bits per heavy atom. The van der Waals surface area contributed by atoms with Gasteiger partial charge in [0.15, 0.2) is 6.61 Å². The lowest BCUT2D eigenvalue weighted by atomic mass is 10.0. The van der Waals surface area contributed by atoms with Crippen molar-refractivity contribution < 1.29 is 19.1 Å². The third kappa shape index (κ3) is 7.76. The molecule has 0 saturated carbocycles. The van der Waals surface area contributed by atoms with E-state index in [1.807, 2.05) is 63.2 Å². The van der Waals surface area contributed by atoms with Crippen LogP contribution >= 0.6 is 15.9 Å². The molecule has 0 bridgehead atoms. The van der Waals surface area contributed by atoms with Crippen LogP contribution in [0.3, 0.4) is 0 Å². The minimum Gasteiger partial charge on any atom is -0.497 e. The van der Waals surface area contributed by atoms with Crippen molar-refractivity contribution in [1.29, 1.82) is 0 Å². The van der Waals surface area contributed by atoms with Crippen molar-refractivity contribution in [2.24, 2.45) is 0 Å². The van der Waals surface area contributed by atoms with Crippen molar-refractivity contribution in [3.8, 4) is 11.5 Å². The Morgan fingerprint density at radius 3 is 2.38 bits per heavy atom. The standard InChI is InChI=1S/C27H37BrN2O4/c1-7-19(5)29-27(32)24(8-2)30(16-20-10-9-11-22(14-20)33-6)26(31)17-34-25-13-12-21(18(3)4)15-23(25)28/h9-15,18-19,24H,7-8,16-17H2,1-6H3,(H,29,32)/t19-,24+/m1/s1. The first-order valence-corrected chi connectivity index (χ1v) is 12.6. The average molecular weight is 534 g/mol. The van der Waals surface area contributed by atoms with Gasteiger partial charge in [0.2, 0.25) is 5.91 Å². The van der Waals surface area contributed by atoms with E-state index in [1.165, 1.54) is 5.56 Å². The van der Waals surface area contributed by atoms with E-state index in [1.54, 1.807) is 12.0 Å². The van der Waals surface area contributed by atoms with Crippen LogP contribution in [0.15, 0.2) is 46.9 Å². The average Bonchev–Trinajstić information content (AvgIpc) is 2.82. The summed E-state index contributed by atoms with van der Waals surface area (Å²) in [5.74, 6) is 1.27. The van der Waals surface area contributed by atoms with Gasteiger partial charge in [-0.2, -0.15) is 0 Å². The minimum atomic E-state index is -0.608. The number of nitrogens with zero attached hydrogens (tertiary/aromatic N) is 1. The number of carbonyl (C=O) groups excluding carboxylic acids is 2. The summed E-state index contributed by atoms with van der Waals surface area (Å²) in [6, 6.07) is 12.8. The summed E-state index contributed by atoms with van der Waals surface area (Å²) in [6.07, 6.45) is 1.31. The molecule has 186 valence electrons. The number of hydrogen-bond donors (Lipinski definition) is 1. The van der Waals surface area contributed by atoms with Gasteiger partial charge in [-0.05, 0) is 77.0 Å². The second-order valence-corrected chi connectivity index (χ2v) is 9.60. The fraction of sp³-hybridized carbons (Fsp3) is 0.481. The van der Waals surface area contributed by atoms with Crippen LogP contribution in [0.4, 0.5) is 0 Å². The maximum absolute atomic E-state index is 13.4. The molecule has 0 aliphatic carbocycles. The highest BCUT2D eigenvalue weighted by Crippen LogP contribution is 2.29. The zero-order valence-corrected chi connectivity index (χ0v) is 22.6. The predicted molar refractivity (Wildman–Crippen MR) is 139 cm³/mol. The van der Waals surface area contributed by atoms with Crippen molar-refractivity contribution in [3.63, 3.8) is 0 Å². The van der Waals surface area contributed by atoms with Crippen LogP contribution in [0.1, 0.15) is 64.5 Å². The topological polar surface area (TPSA) is 67.9 Å². The van der Waals surface area contributed by atoms with Crippen molar-refractivity contribution >= 4 is 27.7 Å². The Kier molecular flexibility index (Phi) is 10.9. The minimum absolute atomic E-state index is 0.0296. The molecular weight excluding hydrogens is 496 g/mol. The van der Waals surface area contributed by atoms with E-state index in [2.05, 4.69) is 35.1 Å². The molecule has 0 fully saturated rings. The molecule has 34 heavy (non-hydrogen) atoms. The van der Waals surface area contributed by atoms with Gasteiger partial charge in [-0.25, -0.2) is 0 Å². The molecule has 2 atom stereocenters. The third-order valence-corrected chi connectivity index (χ3v) is 6.47. The maximum atomic E-state index is 13.4. The van der Waals surface area contributed by atoms with Crippen LogP contribution in [0, 0.1) is 0 Å². The highest BCUT2D eigenvalue weighted by molar-refractivity contribution is 9.10. The van der Waals surface area contributed by atoms with Gasteiger partial charge in [0, 0.05) is 12.6 Å². The quantitative estimate of drug-likeness (QED) is 0.381. The number of nitrogens with one attached hydrogen (secondary N) is 1. The van der Waals surface area contributed by atoms with Crippen molar-refractivity contribution in [3.05, 3.63) is 58.1 Å². The van der Waals surface area contributed by atoms with Crippen LogP contribution in [0.25, 0.3) is 0 Å². The first-order valence-electron chi connectivity index (χ1n) is 11.8. The van der Waals surface area contributed by atoms with E-state index in [9.17, 15) is 9.59 Å². The highest BCUT2D eigenvalue weighted by Gasteiger charge is 2.29. The molecule has 0 radical (unpaired) electrons. The predicted octanol–water partition coefficient (Wildman–Crippen LogP) is 5.68. The van der Waals surface area contributed by atoms with Crippen LogP contribution in [0.2, 0.25) is 0 Å². The summed E-state index contributed by atoms with van der Waals surface area (Å²) in [4.78, 5) is 28.1. The molecule has 0 aromatic heterocycles. The Labute approximate surface area is 212 Å². The number of hydrogen-bond acceptors (Lipinski definition) is 4. The molecule has 0 heterocycles. The molecule has 0 saturated heterocycles. The fourth-order valence-corrected chi connectivity index (χ4v) is 4.05. The van der Waals surface area contributed by atoms with E-state index in [4.69, 9.17) is 9.47 Å². The monoisotopic (exact) mass is 532 g/mol. The SMILES string of the molecule is CC[C@@H](C)NC(=O)[C@H](CC)N(Cc1cccc(OC)c1)C(=O)COc1ccc(C(C)C)cc1Br. The number of halogens is 1. The zero-order chi connectivity index (χ0) is 25.3. The van der Waals surface area contributed by atoms with Crippen LogP contribution in [-0.2, 0) is 16.1 Å². The van der Waals surface area contributed by atoms with Gasteiger partial charge in [0.05, 0.1) is 11.6 Å². The Hall–Kier alpha value is -2.54. The van der Waals surface area contributed by atoms with Gasteiger partial charge in [-0.15, -0.1) is 0 Å². The first-order chi connectivity index (χ1) is 16.2. The summed E-state index contributed by atoms with van der Waals surface area (Å²) < 4.78 is 12.0. The number of methoxy groups -OCH3 is 1. The van der Waals surface area contributed by atoms with Gasteiger partial charge < -0.3 is 19.7 Å². The van der Waals surface area contributed by atoms with E-state index in [0.717, 1.165) is 16.5 Å². The molecule has 2 aromatic carbocycles. The first kappa shape index (κ1) is 27.7. The van der Waals surface area contributed by atoms with Crippen LogP contribution in [0.5, 0.6) is 11.5 Å². The highest BCUT2D eigenvalue weighted by atomic mass is 79.9. The fourth-order valence-electron chi connectivity index (χ4n) is 3.54. The summed E-state index contributed by atoms with van der Waals surface area (Å²) in [6.45, 7) is 10.2.